The predicted octanol–water partition coefficient (Wildman–Crippen LogP) is 2.14. The lowest BCUT2D eigenvalue weighted by atomic mass is 9.90. The van der Waals surface area contributed by atoms with Gasteiger partial charge in [0.2, 0.25) is 0 Å². The normalized spacial score (nSPS) is 13.1. The summed E-state index contributed by atoms with van der Waals surface area (Å²) in [5.41, 5.74) is 0.974. The van der Waals surface area contributed by atoms with E-state index in [-0.39, 0.29) is 18.9 Å². The molecule has 0 saturated heterocycles. The van der Waals surface area contributed by atoms with Crippen LogP contribution < -0.4 is 5.32 Å². The average molecular weight is 302 g/mol. The number of benzene rings is 1. The summed E-state index contributed by atoms with van der Waals surface area (Å²) >= 11 is 0. The van der Waals surface area contributed by atoms with Gasteiger partial charge in [0.1, 0.15) is 5.54 Å². The van der Waals surface area contributed by atoms with E-state index in [9.17, 15) is 9.59 Å². The molecule has 1 amide bonds. The third kappa shape index (κ3) is 5.21. The summed E-state index contributed by atoms with van der Waals surface area (Å²) in [7, 11) is 0. The van der Waals surface area contributed by atoms with Crippen LogP contribution in [0.5, 0.6) is 0 Å². The number of nitrogens with one attached hydrogen (secondary N) is 1. The van der Waals surface area contributed by atoms with E-state index in [1.807, 2.05) is 45.0 Å². The molecule has 1 rings (SSSR count). The van der Waals surface area contributed by atoms with Gasteiger partial charge in [0.25, 0.3) is 5.91 Å². The number of ether oxygens (including phenoxy) is 1. The van der Waals surface area contributed by atoms with Crippen molar-refractivity contribution in [3.05, 3.63) is 35.4 Å². The minimum Gasteiger partial charge on any atom is -0.455 e. The Kier molecular flexibility index (Phi) is 6.11. The number of aryl methyl sites for hydroxylation is 1. The fourth-order valence-electron chi connectivity index (χ4n) is 1.70. The molecule has 1 aromatic carbocycles. The number of amides is 1. The van der Waals surface area contributed by atoms with Gasteiger partial charge in [-0.2, -0.15) is 5.26 Å². The molecule has 0 heterocycles. The Hall–Kier alpha value is -2.35. The molecule has 0 aliphatic carbocycles. The van der Waals surface area contributed by atoms with Crippen LogP contribution in [0.3, 0.4) is 0 Å². The maximum absolute atomic E-state index is 11.8. The van der Waals surface area contributed by atoms with Crippen molar-refractivity contribution < 1.29 is 14.3 Å². The number of esters is 1. The van der Waals surface area contributed by atoms with Crippen molar-refractivity contribution in [2.75, 3.05) is 6.61 Å². The van der Waals surface area contributed by atoms with Crippen LogP contribution in [-0.4, -0.2) is 24.0 Å². The second-order valence-corrected chi connectivity index (χ2v) is 5.84. The highest BCUT2D eigenvalue weighted by Crippen LogP contribution is 2.14. The SMILES string of the molecule is Cc1ccc(CC(=O)OCC(=O)N[C@](C)(C#N)C(C)C)cc1. The summed E-state index contributed by atoms with van der Waals surface area (Å²) in [4.78, 5) is 23.5. The Labute approximate surface area is 131 Å². The average Bonchev–Trinajstić information content (AvgIpc) is 2.47. The van der Waals surface area contributed by atoms with E-state index < -0.39 is 17.4 Å². The van der Waals surface area contributed by atoms with Gasteiger partial charge in [-0.15, -0.1) is 0 Å². The monoisotopic (exact) mass is 302 g/mol. The van der Waals surface area contributed by atoms with Gasteiger partial charge >= 0.3 is 5.97 Å². The molecule has 0 saturated carbocycles. The van der Waals surface area contributed by atoms with Gasteiger partial charge in [0.15, 0.2) is 6.61 Å². The Morgan fingerprint density at radius 1 is 1.32 bits per heavy atom. The first-order valence-electron chi connectivity index (χ1n) is 7.20. The maximum atomic E-state index is 11.8. The quantitative estimate of drug-likeness (QED) is 0.816. The van der Waals surface area contributed by atoms with Crippen LogP contribution in [0.1, 0.15) is 31.9 Å². The zero-order chi connectivity index (χ0) is 16.8. The molecule has 0 aliphatic rings. The van der Waals surface area contributed by atoms with Crippen molar-refractivity contribution >= 4 is 11.9 Å². The molecule has 5 heteroatoms. The van der Waals surface area contributed by atoms with Crippen molar-refractivity contribution in [1.82, 2.24) is 5.32 Å². The van der Waals surface area contributed by atoms with E-state index in [2.05, 4.69) is 11.4 Å². The first kappa shape index (κ1) is 17.7. The van der Waals surface area contributed by atoms with Crippen LogP contribution in [0.2, 0.25) is 0 Å². The Bertz CT molecular complexity index is 573. The molecule has 1 aromatic rings. The van der Waals surface area contributed by atoms with Crippen molar-refractivity contribution in [1.29, 1.82) is 5.26 Å². The molecule has 0 bridgehead atoms. The molecule has 0 aliphatic heterocycles. The summed E-state index contributed by atoms with van der Waals surface area (Å²) in [5.74, 6) is -0.998. The zero-order valence-corrected chi connectivity index (χ0v) is 13.5. The second kappa shape index (κ2) is 7.60. The molecule has 5 nitrogen and oxygen atoms in total. The molecular formula is C17H22N2O3. The highest BCUT2D eigenvalue weighted by Gasteiger charge is 2.30. The van der Waals surface area contributed by atoms with Gasteiger partial charge in [-0.05, 0) is 25.3 Å². The van der Waals surface area contributed by atoms with E-state index in [0.29, 0.717) is 0 Å². The first-order valence-corrected chi connectivity index (χ1v) is 7.20. The van der Waals surface area contributed by atoms with E-state index in [0.717, 1.165) is 11.1 Å². The predicted molar refractivity (Wildman–Crippen MR) is 82.8 cm³/mol. The minimum atomic E-state index is -0.972. The van der Waals surface area contributed by atoms with Gasteiger partial charge < -0.3 is 10.1 Å². The van der Waals surface area contributed by atoms with Crippen LogP contribution in [0.25, 0.3) is 0 Å². The summed E-state index contributed by atoms with van der Waals surface area (Å²) in [6, 6.07) is 9.59. The van der Waals surface area contributed by atoms with Crippen LogP contribution in [-0.2, 0) is 20.7 Å². The highest BCUT2D eigenvalue weighted by molar-refractivity contribution is 5.82. The number of nitriles is 1. The van der Waals surface area contributed by atoms with Crippen molar-refractivity contribution in [2.24, 2.45) is 5.92 Å². The van der Waals surface area contributed by atoms with Gasteiger partial charge in [-0.25, -0.2) is 0 Å². The number of rotatable bonds is 6. The van der Waals surface area contributed by atoms with Crippen molar-refractivity contribution in [2.45, 2.75) is 39.7 Å². The second-order valence-electron chi connectivity index (χ2n) is 5.84. The number of carbonyl (C=O) groups excluding carboxylic acids is 2. The number of nitrogens with zero attached hydrogens (tertiary/aromatic N) is 1. The standard InChI is InChI=1S/C17H22N2O3/c1-12(2)17(4,11-18)19-15(20)10-22-16(21)9-14-7-5-13(3)6-8-14/h5-8,12H,9-10H2,1-4H3,(H,19,20)/t17-/m1/s1. The molecule has 0 fully saturated rings. The van der Waals surface area contributed by atoms with Crippen LogP contribution in [0.4, 0.5) is 0 Å². The van der Waals surface area contributed by atoms with Crippen LogP contribution in [0.15, 0.2) is 24.3 Å². The Morgan fingerprint density at radius 3 is 2.41 bits per heavy atom. The van der Waals surface area contributed by atoms with Gasteiger partial charge in [-0.1, -0.05) is 43.7 Å². The number of hydrogen-bond acceptors (Lipinski definition) is 4. The summed E-state index contributed by atoms with van der Waals surface area (Å²) in [5, 5.41) is 11.7. The molecule has 0 aromatic heterocycles. The van der Waals surface area contributed by atoms with Crippen molar-refractivity contribution in [3.63, 3.8) is 0 Å². The van der Waals surface area contributed by atoms with Gasteiger partial charge in [0.05, 0.1) is 12.5 Å². The molecule has 22 heavy (non-hydrogen) atoms. The number of carbonyl (C=O) groups is 2. The Morgan fingerprint density at radius 2 is 1.91 bits per heavy atom. The Balaban J connectivity index is 2.45. The lowest BCUT2D eigenvalue weighted by Gasteiger charge is -2.27. The third-order valence-electron chi connectivity index (χ3n) is 3.62. The van der Waals surface area contributed by atoms with Crippen LogP contribution >= 0.6 is 0 Å². The van der Waals surface area contributed by atoms with Crippen molar-refractivity contribution in [3.8, 4) is 6.07 Å². The molecule has 118 valence electrons. The van der Waals surface area contributed by atoms with E-state index >= 15 is 0 Å². The summed E-state index contributed by atoms with van der Waals surface area (Å²) in [6.45, 7) is 6.91. The molecule has 0 unspecified atom stereocenters. The first-order chi connectivity index (χ1) is 10.3. The number of hydrogen-bond donors (Lipinski definition) is 1. The largest absolute Gasteiger partial charge is 0.455 e. The van der Waals surface area contributed by atoms with Gasteiger partial charge in [0, 0.05) is 0 Å². The molecule has 0 spiro atoms. The molecule has 0 radical (unpaired) electrons. The minimum absolute atomic E-state index is 0.0512. The highest BCUT2D eigenvalue weighted by atomic mass is 16.5. The lowest BCUT2D eigenvalue weighted by molar-refractivity contribution is -0.148. The van der Waals surface area contributed by atoms with E-state index in [4.69, 9.17) is 10.00 Å². The topological polar surface area (TPSA) is 79.2 Å². The summed E-state index contributed by atoms with van der Waals surface area (Å²) < 4.78 is 4.95. The lowest BCUT2D eigenvalue weighted by Crippen LogP contribution is -2.50. The smallest absolute Gasteiger partial charge is 0.310 e. The third-order valence-corrected chi connectivity index (χ3v) is 3.62. The van der Waals surface area contributed by atoms with E-state index in [1.54, 1.807) is 6.92 Å². The zero-order valence-electron chi connectivity index (χ0n) is 13.5. The fraction of sp³-hybridized carbons (Fsp3) is 0.471. The maximum Gasteiger partial charge on any atom is 0.310 e. The summed E-state index contributed by atoms with van der Waals surface area (Å²) in [6.07, 6.45) is 0.118. The van der Waals surface area contributed by atoms with E-state index in [1.165, 1.54) is 0 Å². The molecule has 1 N–H and O–H groups in total. The van der Waals surface area contributed by atoms with Crippen LogP contribution in [0, 0.1) is 24.2 Å². The fourth-order valence-corrected chi connectivity index (χ4v) is 1.70. The molecular weight excluding hydrogens is 280 g/mol. The molecule has 1 atom stereocenters. The van der Waals surface area contributed by atoms with Gasteiger partial charge in [-0.3, -0.25) is 9.59 Å².